The summed E-state index contributed by atoms with van der Waals surface area (Å²) in [7, 11) is 0. The smallest absolute Gasteiger partial charge is 0.341 e. The van der Waals surface area contributed by atoms with Gasteiger partial charge in [-0.1, -0.05) is 25.1 Å². The quantitative estimate of drug-likeness (QED) is 0.373. The number of ether oxygens (including phenoxy) is 1. The standard InChI is InChI=1S/C20H25N3O4S2/c1-4-7-12-10-15(24)22-20(21-12)28-11(3)17(25)23-18-16(19(26)27-5-2)13-8-6-9-14(13)29-18/h10-11H,4-9H2,1-3H3,(H,23,25)(H,21,22,24). The molecule has 2 heterocycles. The molecule has 156 valence electrons. The number of hydrogen-bond donors (Lipinski definition) is 2. The largest absolute Gasteiger partial charge is 0.462 e. The van der Waals surface area contributed by atoms with Crippen LogP contribution in [0.3, 0.4) is 0 Å². The highest BCUT2D eigenvalue weighted by Crippen LogP contribution is 2.39. The Kier molecular flexibility index (Phi) is 7.13. The SMILES string of the molecule is CCCc1cc(=O)[nH]c(SC(C)C(=O)Nc2sc3c(c2C(=O)OCC)CCC3)n1. The van der Waals surface area contributed by atoms with Crippen LogP contribution < -0.4 is 10.9 Å². The summed E-state index contributed by atoms with van der Waals surface area (Å²) in [5.41, 5.74) is 1.98. The fraction of sp³-hybridized carbons (Fsp3) is 0.500. The molecule has 1 atom stereocenters. The molecule has 0 fully saturated rings. The number of aromatic amines is 1. The number of nitrogens with one attached hydrogen (secondary N) is 2. The summed E-state index contributed by atoms with van der Waals surface area (Å²) in [6, 6.07) is 1.48. The van der Waals surface area contributed by atoms with Gasteiger partial charge in [0.1, 0.15) is 5.00 Å². The zero-order valence-electron chi connectivity index (χ0n) is 16.8. The van der Waals surface area contributed by atoms with Crippen molar-refractivity contribution in [1.82, 2.24) is 9.97 Å². The van der Waals surface area contributed by atoms with E-state index in [-0.39, 0.29) is 24.0 Å². The molecule has 0 bridgehead atoms. The van der Waals surface area contributed by atoms with Gasteiger partial charge < -0.3 is 15.0 Å². The van der Waals surface area contributed by atoms with Gasteiger partial charge in [0.05, 0.1) is 17.4 Å². The van der Waals surface area contributed by atoms with Gasteiger partial charge in [-0.15, -0.1) is 11.3 Å². The lowest BCUT2D eigenvalue weighted by molar-refractivity contribution is -0.115. The number of thioether (sulfide) groups is 1. The summed E-state index contributed by atoms with van der Waals surface area (Å²) >= 11 is 2.64. The van der Waals surface area contributed by atoms with Crippen molar-refractivity contribution in [3.05, 3.63) is 38.1 Å². The fourth-order valence-corrected chi connectivity index (χ4v) is 5.38. The van der Waals surface area contributed by atoms with E-state index >= 15 is 0 Å². The minimum absolute atomic E-state index is 0.224. The van der Waals surface area contributed by atoms with E-state index in [1.165, 1.54) is 29.2 Å². The van der Waals surface area contributed by atoms with E-state index < -0.39 is 5.25 Å². The van der Waals surface area contributed by atoms with Crippen molar-refractivity contribution in [3.8, 4) is 0 Å². The Morgan fingerprint density at radius 2 is 2.17 bits per heavy atom. The molecule has 9 heteroatoms. The lowest BCUT2D eigenvalue weighted by atomic mass is 10.1. The Hall–Kier alpha value is -2.13. The summed E-state index contributed by atoms with van der Waals surface area (Å²) < 4.78 is 5.20. The number of carbonyl (C=O) groups excluding carboxylic acids is 2. The van der Waals surface area contributed by atoms with Crippen LogP contribution in [-0.4, -0.2) is 33.7 Å². The number of hydrogen-bond acceptors (Lipinski definition) is 7. The van der Waals surface area contributed by atoms with E-state index in [0.717, 1.165) is 36.1 Å². The predicted octanol–water partition coefficient (Wildman–Crippen LogP) is 3.57. The highest BCUT2D eigenvalue weighted by atomic mass is 32.2. The van der Waals surface area contributed by atoms with Crippen LogP contribution in [-0.2, 0) is 28.8 Å². The van der Waals surface area contributed by atoms with Crippen LogP contribution in [0.25, 0.3) is 0 Å². The normalized spacial score (nSPS) is 13.8. The molecule has 0 radical (unpaired) electrons. The average Bonchev–Trinajstić information content (AvgIpc) is 3.22. The van der Waals surface area contributed by atoms with Crippen LogP contribution in [0.15, 0.2) is 16.0 Å². The summed E-state index contributed by atoms with van der Waals surface area (Å²) in [6.45, 7) is 5.82. The summed E-state index contributed by atoms with van der Waals surface area (Å²) in [6.07, 6.45) is 4.36. The second-order valence-corrected chi connectivity index (χ2v) is 9.26. The van der Waals surface area contributed by atoms with Crippen molar-refractivity contribution in [3.63, 3.8) is 0 Å². The maximum atomic E-state index is 12.8. The molecule has 29 heavy (non-hydrogen) atoms. The van der Waals surface area contributed by atoms with Crippen molar-refractivity contribution in [2.45, 2.75) is 63.3 Å². The lowest BCUT2D eigenvalue weighted by Crippen LogP contribution is -2.24. The number of nitrogens with zero attached hydrogens (tertiary/aromatic N) is 1. The monoisotopic (exact) mass is 435 g/mol. The van der Waals surface area contributed by atoms with E-state index in [1.807, 2.05) is 6.92 Å². The zero-order valence-corrected chi connectivity index (χ0v) is 18.4. The first kappa shape index (κ1) is 21.6. The first-order chi connectivity index (χ1) is 13.9. The number of rotatable bonds is 8. The molecule has 0 spiro atoms. The van der Waals surface area contributed by atoms with Crippen LogP contribution in [0.4, 0.5) is 5.00 Å². The molecule has 2 N–H and O–H groups in total. The number of thiophene rings is 1. The third-order valence-corrected chi connectivity index (χ3v) is 6.77. The molecule has 1 unspecified atom stereocenters. The predicted molar refractivity (Wildman–Crippen MR) is 115 cm³/mol. The molecule has 0 saturated carbocycles. The average molecular weight is 436 g/mol. The number of H-pyrrole nitrogens is 1. The Morgan fingerprint density at radius 1 is 1.38 bits per heavy atom. The first-order valence-electron chi connectivity index (χ1n) is 9.82. The Balaban J connectivity index is 1.75. The highest BCUT2D eigenvalue weighted by molar-refractivity contribution is 8.00. The summed E-state index contributed by atoms with van der Waals surface area (Å²) in [5, 5.41) is 3.36. The van der Waals surface area contributed by atoms with Crippen molar-refractivity contribution < 1.29 is 14.3 Å². The van der Waals surface area contributed by atoms with E-state index in [2.05, 4.69) is 15.3 Å². The number of aromatic nitrogens is 2. The molecule has 0 aromatic carbocycles. The van der Waals surface area contributed by atoms with Crippen molar-refractivity contribution >= 4 is 40.0 Å². The van der Waals surface area contributed by atoms with E-state index in [4.69, 9.17) is 4.74 Å². The van der Waals surface area contributed by atoms with Crippen molar-refractivity contribution in [1.29, 1.82) is 0 Å². The maximum Gasteiger partial charge on any atom is 0.341 e. The van der Waals surface area contributed by atoms with Gasteiger partial charge in [0.15, 0.2) is 5.16 Å². The Labute approximate surface area is 177 Å². The van der Waals surface area contributed by atoms with Gasteiger partial charge >= 0.3 is 5.97 Å². The maximum absolute atomic E-state index is 12.8. The van der Waals surface area contributed by atoms with E-state index in [1.54, 1.807) is 13.8 Å². The second kappa shape index (κ2) is 9.58. The van der Waals surface area contributed by atoms with Crippen LogP contribution in [0.5, 0.6) is 0 Å². The van der Waals surface area contributed by atoms with Crippen molar-refractivity contribution in [2.24, 2.45) is 0 Å². The fourth-order valence-electron chi connectivity index (χ4n) is 3.27. The summed E-state index contributed by atoms with van der Waals surface area (Å²) in [4.78, 5) is 45.3. The number of anilines is 1. The summed E-state index contributed by atoms with van der Waals surface area (Å²) in [5.74, 6) is -0.634. The highest BCUT2D eigenvalue weighted by Gasteiger charge is 2.29. The number of fused-ring (bicyclic) bond motifs is 1. The van der Waals surface area contributed by atoms with E-state index in [0.29, 0.717) is 27.8 Å². The molecule has 2 aromatic rings. The van der Waals surface area contributed by atoms with Gasteiger partial charge in [-0.3, -0.25) is 9.59 Å². The Morgan fingerprint density at radius 3 is 2.90 bits per heavy atom. The number of aryl methyl sites for hydroxylation is 2. The van der Waals surface area contributed by atoms with Crippen molar-refractivity contribution in [2.75, 3.05) is 11.9 Å². The number of amides is 1. The molecule has 2 aromatic heterocycles. The minimum atomic E-state index is -0.498. The zero-order chi connectivity index (χ0) is 21.0. The topological polar surface area (TPSA) is 101 Å². The van der Waals surface area contributed by atoms with Crippen LogP contribution in [0, 0.1) is 0 Å². The van der Waals surface area contributed by atoms with Gasteiger partial charge in [0.2, 0.25) is 5.91 Å². The molecule has 1 aliphatic rings. The molecular formula is C20H25N3O4S2. The van der Waals surface area contributed by atoms with Gasteiger partial charge in [0, 0.05) is 16.6 Å². The third kappa shape index (κ3) is 5.08. The van der Waals surface area contributed by atoms with Gasteiger partial charge in [-0.25, -0.2) is 9.78 Å². The lowest BCUT2D eigenvalue weighted by Gasteiger charge is -2.12. The molecule has 7 nitrogen and oxygen atoms in total. The number of esters is 1. The van der Waals surface area contributed by atoms with Gasteiger partial charge in [-0.2, -0.15) is 0 Å². The first-order valence-corrected chi connectivity index (χ1v) is 11.5. The van der Waals surface area contributed by atoms with Gasteiger partial charge in [0.25, 0.3) is 5.56 Å². The second-order valence-electron chi connectivity index (χ2n) is 6.82. The van der Waals surface area contributed by atoms with Crippen LogP contribution in [0.1, 0.15) is 60.1 Å². The molecule has 1 amide bonds. The Bertz CT molecular complexity index is 967. The van der Waals surface area contributed by atoms with Gasteiger partial charge in [-0.05, 0) is 45.1 Å². The molecule has 1 aliphatic carbocycles. The molecule has 0 saturated heterocycles. The third-order valence-electron chi connectivity index (χ3n) is 4.57. The van der Waals surface area contributed by atoms with E-state index in [9.17, 15) is 14.4 Å². The van der Waals surface area contributed by atoms with Crippen LogP contribution >= 0.6 is 23.1 Å². The molecule has 3 rings (SSSR count). The molecule has 0 aliphatic heterocycles. The number of carbonyl (C=O) groups is 2. The molecular weight excluding hydrogens is 410 g/mol. The minimum Gasteiger partial charge on any atom is -0.462 e. The van der Waals surface area contributed by atoms with Crippen LogP contribution in [0.2, 0.25) is 0 Å².